The summed E-state index contributed by atoms with van der Waals surface area (Å²) in [6.07, 6.45) is 1.28. The van der Waals surface area contributed by atoms with Gasteiger partial charge in [-0.05, 0) is 17.8 Å². The van der Waals surface area contributed by atoms with Crippen molar-refractivity contribution in [3.8, 4) is 0 Å². The van der Waals surface area contributed by atoms with Gasteiger partial charge in [0.25, 0.3) is 0 Å². The van der Waals surface area contributed by atoms with E-state index >= 15 is 0 Å². The molecule has 19 heavy (non-hydrogen) atoms. The quantitative estimate of drug-likeness (QED) is 0.832. The Labute approximate surface area is 123 Å². The minimum atomic E-state index is -0.461. The van der Waals surface area contributed by atoms with Gasteiger partial charge in [0.05, 0.1) is 12.1 Å². The minimum Gasteiger partial charge on any atom is -0.378 e. The maximum absolute atomic E-state index is 11.9. The predicted octanol–water partition coefficient (Wildman–Crippen LogP) is 1.96. The first-order chi connectivity index (χ1) is 8.23. The smallest absolute Gasteiger partial charge is 0.237 e. The van der Waals surface area contributed by atoms with Gasteiger partial charge in [-0.2, -0.15) is 0 Å². The largest absolute Gasteiger partial charge is 0.378 e. The van der Waals surface area contributed by atoms with Crippen LogP contribution in [0.5, 0.6) is 0 Å². The number of nitrogens with two attached hydrogens (primary N) is 1. The molecule has 1 amide bonds. The van der Waals surface area contributed by atoms with Crippen molar-refractivity contribution in [2.24, 2.45) is 23.0 Å². The number of carbonyl (C=O) groups is 1. The van der Waals surface area contributed by atoms with Crippen molar-refractivity contribution in [1.29, 1.82) is 0 Å². The minimum absolute atomic E-state index is 0. The summed E-state index contributed by atoms with van der Waals surface area (Å²) in [6, 6.07) is -0.461. The van der Waals surface area contributed by atoms with Gasteiger partial charge >= 0.3 is 0 Å². The molecule has 1 aliphatic heterocycles. The third-order valence-electron chi connectivity index (χ3n) is 3.67. The zero-order valence-electron chi connectivity index (χ0n) is 12.7. The lowest BCUT2D eigenvalue weighted by molar-refractivity contribution is -0.124. The molecule has 0 aliphatic carbocycles. The van der Waals surface area contributed by atoms with Crippen LogP contribution in [0.3, 0.4) is 0 Å². The van der Waals surface area contributed by atoms with Crippen molar-refractivity contribution >= 4 is 18.3 Å². The lowest BCUT2D eigenvalue weighted by Gasteiger charge is -2.27. The fraction of sp³-hybridized carbons (Fsp3) is 0.929. The molecule has 1 rings (SSSR count). The van der Waals surface area contributed by atoms with Crippen LogP contribution < -0.4 is 11.1 Å². The van der Waals surface area contributed by atoms with Crippen LogP contribution in [0, 0.1) is 17.3 Å². The number of halogens is 1. The van der Waals surface area contributed by atoms with Crippen molar-refractivity contribution in [2.45, 2.75) is 53.2 Å². The number of amides is 1. The third-order valence-corrected chi connectivity index (χ3v) is 3.67. The number of ether oxygens (including phenoxy) is 1. The number of nitrogens with one attached hydrogen (secondary N) is 1. The van der Waals surface area contributed by atoms with Gasteiger partial charge in [-0.1, -0.05) is 34.6 Å². The van der Waals surface area contributed by atoms with Crippen LogP contribution in [0.25, 0.3) is 0 Å². The Morgan fingerprint density at radius 3 is 2.47 bits per heavy atom. The molecule has 0 radical (unpaired) electrons. The summed E-state index contributed by atoms with van der Waals surface area (Å²) < 4.78 is 5.70. The number of hydrogen-bond donors (Lipinski definition) is 2. The Hall–Kier alpha value is -0.320. The van der Waals surface area contributed by atoms with E-state index in [1.54, 1.807) is 0 Å². The van der Waals surface area contributed by atoms with Gasteiger partial charge in [0, 0.05) is 19.1 Å². The van der Waals surface area contributed by atoms with Crippen LogP contribution in [0.15, 0.2) is 0 Å². The van der Waals surface area contributed by atoms with Crippen LogP contribution >= 0.6 is 12.4 Å². The van der Waals surface area contributed by atoms with Crippen LogP contribution in [0.4, 0.5) is 0 Å². The van der Waals surface area contributed by atoms with E-state index in [9.17, 15) is 4.79 Å². The molecule has 1 fully saturated rings. The van der Waals surface area contributed by atoms with Gasteiger partial charge in [-0.25, -0.2) is 0 Å². The van der Waals surface area contributed by atoms with E-state index in [2.05, 4.69) is 19.2 Å². The van der Waals surface area contributed by atoms with Gasteiger partial charge in [0.15, 0.2) is 0 Å². The Bertz CT molecular complexity index is 290. The molecule has 2 unspecified atom stereocenters. The highest BCUT2D eigenvalue weighted by Crippen LogP contribution is 2.26. The Morgan fingerprint density at radius 1 is 1.42 bits per heavy atom. The molecular weight excluding hydrogens is 264 g/mol. The summed E-state index contributed by atoms with van der Waals surface area (Å²) in [5, 5.41) is 2.97. The van der Waals surface area contributed by atoms with Crippen molar-refractivity contribution in [1.82, 2.24) is 5.32 Å². The molecular formula is C14H29ClN2O2. The molecule has 1 aliphatic rings. The molecule has 0 aromatic rings. The molecule has 0 bridgehead atoms. The molecule has 0 saturated carbocycles. The van der Waals surface area contributed by atoms with E-state index in [0.717, 1.165) is 13.0 Å². The predicted molar refractivity (Wildman–Crippen MR) is 80.4 cm³/mol. The van der Waals surface area contributed by atoms with Crippen molar-refractivity contribution in [3.63, 3.8) is 0 Å². The lowest BCUT2D eigenvalue weighted by Crippen LogP contribution is -2.50. The SMILES string of the molecule is CC(C)C1OCCC1CNC(=O)[C@@H](N)C(C)(C)C.Cl. The lowest BCUT2D eigenvalue weighted by atomic mass is 9.86. The fourth-order valence-electron chi connectivity index (χ4n) is 2.35. The number of hydrogen-bond acceptors (Lipinski definition) is 3. The topological polar surface area (TPSA) is 64.3 Å². The first kappa shape index (κ1) is 18.7. The van der Waals surface area contributed by atoms with Crippen molar-refractivity contribution in [2.75, 3.05) is 13.2 Å². The first-order valence-electron chi connectivity index (χ1n) is 6.88. The second-order valence-corrected chi connectivity index (χ2v) is 6.72. The van der Waals surface area contributed by atoms with Gasteiger partial charge in [0.2, 0.25) is 5.91 Å². The van der Waals surface area contributed by atoms with Crippen molar-refractivity contribution < 1.29 is 9.53 Å². The highest BCUT2D eigenvalue weighted by molar-refractivity contribution is 5.85. The van der Waals surface area contributed by atoms with Crippen LogP contribution in [-0.4, -0.2) is 31.2 Å². The maximum atomic E-state index is 11.9. The molecule has 0 aromatic heterocycles. The second kappa shape index (κ2) is 7.46. The molecule has 4 nitrogen and oxygen atoms in total. The maximum Gasteiger partial charge on any atom is 0.237 e. The highest BCUT2D eigenvalue weighted by Gasteiger charge is 2.32. The Kier molecular flexibility index (Phi) is 7.33. The summed E-state index contributed by atoms with van der Waals surface area (Å²) in [6.45, 7) is 11.7. The van der Waals surface area contributed by atoms with E-state index in [1.807, 2.05) is 20.8 Å². The summed E-state index contributed by atoms with van der Waals surface area (Å²) in [5.41, 5.74) is 5.73. The molecule has 114 valence electrons. The third kappa shape index (κ3) is 5.28. The van der Waals surface area contributed by atoms with Crippen LogP contribution in [0.2, 0.25) is 0 Å². The van der Waals surface area contributed by atoms with Crippen molar-refractivity contribution in [3.05, 3.63) is 0 Å². The van der Waals surface area contributed by atoms with E-state index in [1.165, 1.54) is 0 Å². The normalized spacial score (nSPS) is 25.0. The van der Waals surface area contributed by atoms with Gasteiger partial charge in [0.1, 0.15) is 0 Å². The van der Waals surface area contributed by atoms with Gasteiger partial charge < -0.3 is 15.8 Å². The van der Waals surface area contributed by atoms with Crippen LogP contribution in [0.1, 0.15) is 41.0 Å². The summed E-state index contributed by atoms with van der Waals surface area (Å²) in [7, 11) is 0. The molecule has 0 spiro atoms. The average molecular weight is 293 g/mol. The molecule has 3 atom stereocenters. The fourth-order valence-corrected chi connectivity index (χ4v) is 2.35. The molecule has 3 N–H and O–H groups in total. The summed E-state index contributed by atoms with van der Waals surface area (Å²) in [5.74, 6) is 0.851. The zero-order valence-corrected chi connectivity index (χ0v) is 13.5. The molecule has 1 heterocycles. The van der Waals surface area contributed by atoms with Crippen LogP contribution in [-0.2, 0) is 9.53 Å². The zero-order chi connectivity index (χ0) is 13.9. The summed E-state index contributed by atoms with van der Waals surface area (Å²) in [4.78, 5) is 11.9. The van der Waals surface area contributed by atoms with Gasteiger partial charge in [-0.3, -0.25) is 4.79 Å². The van der Waals surface area contributed by atoms with E-state index < -0.39 is 6.04 Å². The van der Waals surface area contributed by atoms with Gasteiger partial charge in [-0.15, -0.1) is 12.4 Å². The monoisotopic (exact) mass is 292 g/mol. The Balaban J connectivity index is 0.00000324. The van der Waals surface area contributed by atoms with E-state index in [-0.39, 0.29) is 29.8 Å². The summed E-state index contributed by atoms with van der Waals surface area (Å²) >= 11 is 0. The van der Waals surface area contributed by atoms with E-state index in [4.69, 9.17) is 10.5 Å². The first-order valence-corrected chi connectivity index (χ1v) is 6.88. The average Bonchev–Trinajstić information content (AvgIpc) is 2.71. The van der Waals surface area contributed by atoms with E-state index in [0.29, 0.717) is 18.4 Å². The highest BCUT2D eigenvalue weighted by atomic mass is 35.5. The standard InChI is InChI=1S/C14H28N2O2.ClH/c1-9(2)11-10(6-7-18-11)8-16-13(17)12(15)14(3,4)5;/h9-12H,6-8,15H2,1-5H3,(H,16,17);1H/t10?,11?,12-;/m1./s1. The molecule has 0 aromatic carbocycles. The number of carbonyl (C=O) groups excluding carboxylic acids is 1. The number of rotatable bonds is 4. The molecule has 5 heteroatoms. The molecule has 1 saturated heterocycles. The second-order valence-electron chi connectivity index (χ2n) is 6.72. The Morgan fingerprint density at radius 2 is 2.00 bits per heavy atom.